The van der Waals surface area contributed by atoms with Crippen LogP contribution >= 0.6 is 31.9 Å². The summed E-state index contributed by atoms with van der Waals surface area (Å²) in [5.41, 5.74) is 0. The molecule has 0 fully saturated rings. The van der Waals surface area contributed by atoms with Gasteiger partial charge in [-0.15, -0.1) is 0 Å². The zero-order chi connectivity index (χ0) is 11.4. The molecule has 0 radical (unpaired) electrons. The second kappa shape index (κ2) is 6.79. The molecule has 0 bridgehead atoms. The van der Waals surface area contributed by atoms with Crippen LogP contribution in [0.3, 0.4) is 0 Å². The SMILES string of the molecule is Brc1cccc([Te][Te]c2cccc(Br)c2)c1. The van der Waals surface area contributed by atoms with Crippen molar-refractivity contribution in [2.45, 2.75) is 0 Å². The predicted molar refractivity (Wildman–Crippen MR) is 79.1 cm³/mol. The van der Waals surface area contributed by atoms with Crippen LogP contribution < -0.4 is 7.22 Å². The summed E-state index contributed by atoms with van der Waals surface area (Å²) in [6.07, 6.45) is 0. The van der Waals surface area contributed by atoms with E-state index < -0.39 is 0 Å². The van der Waals surface area contributed by atoms with Crippen LogP contribution in [-0.2, 0) is 0 Å². The molecule has 0 aliphatic rings. The summed E-state index contributed by atoms with van der Waals surface area (Å²) >= 11 is 7.08. The standard InChI is InChI=1S/C12H8Br2Te2/c13-9-3-1-5-11(7-9)15-16-12-6-2-4-10(14)8-12/h1-8H. The molecule has 82 valence electrons. The van der Waals surface area contributed by atoms with Gasteiger partial charge in [-0.2, -0.15) is 0 Å². The first-order chi connectivity index (χ1) is 7.74. The first kappa shape index (κ1) is 13.4. The van der Waals surface area contributed by atoms with Crippen LogP contribution in [0.15, 0.2) is 57.5 Å². The third-order valence-electron chi connectivity index (χ3n) is 1.83. The van der Waals surface area contributed by atoms with Crippen LogP contribution in [-0.4, -0.2) is 34.1 Å². The normalized spacial score (nSPS) is 10.4. The molecule has 0 atom stereocenters. The van der Waals surface area contributed by atoms with Crippen LogP contribution in [0.25, 0.3) is 0 Å². The van der Waals surface area contributed by atoms with Crippen molar-refractivity contribution in [2.75, 3.05) is 0 Å². The monoisotopic (exact) mass is 570 g/mol. The maximum atomic E-state index is 3.53. The number of hydrogen-bond donors (Lipinski definition) is 0. The van der Waals surface area contributed by atoms with Gasteiger partial charge in [0.25, 0.3) is 0 Å². The molecule has 4 heteroatoms. The van der Waals surface area contributed by atoms with E-state index in [1.807, 2.05) is 0 Å². The van der Waals surface area contributed by atoms with Gasteiger partial charge in [0.05, 0.1) is 0 Å². The fourth-order valence-electron chi connectivity index (χ4n) is 1.13. The first-order valence-electron chi connectivity index (χ1n) is 4.60. The maximum absolute atomic E-state index is 3.53. The summed E-state index contributed by atoms with van der Waals surface area (Å²) in [6.45, 7) is 0. The zero-order valence-corrected chi connectivity index (χ0v) is 16.0. The molecule has 16 heavy (non-hydrogen) atoms. The van der Waals surface area contributed by atoms with Crippen LogP contribution in [0.4, 0.5) is 0 Å². The molecule has 0 N–H and O–H groups in total. The Labute approximate surface area is 129 Å². The van der Waals surface area contributed by atoms with Gasteiger partial charge in [0.2, 0.25) is 0 Å². The van der Waals surface area contributed by atoms with Crippen molar-refractivity contribution >= 4 is 73.2 Å². The third-order valence-corrected chi connectivity index (χ3v) is 14.6. The van der Waals surface area contributed by atoms with E-state index in [1.54, 1.807) is 7.22 Å². The molecular formula is C12H8Br2Te2. The van der Waals surface area contributed by atoms with Gasteiger partial charge in [-0.3, -0.25) is 0 Å². The quantitative estimate of drug-likeness (QED) is 0.501. The van der Waals surface area contributed by atoms with Gasteiger partial charge in [-0.05, 0) is 0 Å². The van der Waals surface area contributed by atoms with Crippen molar-refractivity contribution in [3.63, 3.8) is 0 Å². The van der Waals surface area contributed by atoms with Crippen LogP contribution in [0, 0.1) is 0 Å². The molecule has 0 aliphatic carbocycles. The predicted octanol–water partition coefficient (Wildman–Crippen LogP) is 2.49. The van der Waals surface area contributed by atoms with Crippen molar-refractivity contribution in [1.29, 1.82) is 0 Å². The zero-order valence-electron chi connectivity index (χ0n) is 8.19. The topological polar surface area (TPSA) is 0 Å². The molecule has 0 aromatic heterocycles. The van der Waals surface area contributed by atoms with E-state index in [4.69, 9.17) is 0 Å². The fraction of sp³-hybridized carbons (Fsp3) is 0. The molecule has 0 unspecified atom stereocenters. The van der Waals surface area contributed by atoms with Gasteiger partial charge in [-0.1, -0.05) is 0 Å². The van der Waals surface area contributed by atoms with Crippen molar-refractivity contribution < 1.29 is 0 Å². The van der Waals surface area contributed by atoms with E-state index >= 15 is 0 Å². The summed E-state index contributed by atoms with van der Waals surface area (Å²) in [6, 6.07) is 17.5. The molecule has 0 aliphatic heterocycles. The van der Waals surface area contributed by atoms with E-state index in [2.05, 4.69) is 80.4 Å². The van der Waals surface area contributed by atoms with E-state index in [0.717, 1.165) is 0 Å². The molecule has 0 amide bonds. The Kier molecular flexibility index (Phi) is 5.69. The van der Waals surface area contributed by atoms with Crippen molar-refractivity contribution in [3.05, 3.63) is 57.5 Å². The Morgan fingerprint density at radius 1 is 0.688 bits per heavy atom. The second-order valence-corrected chi connectivity index (χ2v) is 14.9. The van der Waals surface area contributed by atoms with E-state index in [0.29, 0.717) is 0 Å². The van der Waals surface area contributed by atoms with Gasteiger partial charge >= 0.3 is 131 Å². The average molecular weight is 567 g/mol. The van der Waals surface area contributed by atoms with Gasteiger partial charge in [0.1, 0.15) is 0 Å². The first-order valence-corrected chi connectivity index (χ1v) is 15.8. The van der Waals surface area contributed by atoms with Gasteiger partial charge in [-0.25, -0.2) is 0 Å². The van der Waals surface area contributed by atoms with Gasteiger partial charge < -0.3 is 0 Å². The molecule has 0 nitrogen and oxygen atoms in total. The molecule has 0 heterocycles. The van der Waals surface area contributed by atoms with E-state index in [-0.39, 0.29) is 34.1 Å². The van der Waals surface area contributed by atoms with Crippen LogP contribution in [0.1, 0.15) is 0 Å². The third kappa shape index (κ3) is 4.34. The number of halogens is 2. The molecular weight excluding hydrogens is 559 g/mol. The Morgan fingerprint density at radius 3 is 1.50 bits per heavy atom. The Balaban J connectivity index is 2.02. The van der Waals surface area contributed by atoms with Crippen molar-refractivity contribution in [1.82, 2.24) is 0 Å². The van der Waals surface area contributed by atoms with E-state index in [1.165, 1.54) is 8.95 Å². The summed E-state index contributed by atoms with van der Waals surface area (Å²) in [7, 11) is 0. The Bertz CT molecular complexity index is 440. The fourth-order valence-corrected chi connectivity index (χ4v) is 12.8. The van der Waals surface area contributed by atoms with E-state index in [9.17, 15) is 0 Å². The van der Waals surface area contributed by atoms with Crippen molar-refractivity contribution in [2.24, 2.45) is 0 Å². The molecule has 0 saturated carbocycles. The van der Waals surface area contributed by atoms with Crippen LogP contribution in [0.5, 0.6) is 0 Å². The molecule has 2 aromatic rings. The van der Waals surface area contributed by atoms with Gasteiger partial charge in [0, 0.05) is 0 Å². The Morgan fingerprint density at radius 2 is 1.12 bits per heavy atom. The summed E-state index contributed by atoms with van der Waals surface area (Å²) < 4.78 is 5.53. The molecule has 2 aromatic carbocycles. The minimum atomic E-state index is 0.0138. The summed E-state index contributed by atoms with van der Waals surface area (Å²) in [5, 5.41) is 0. The average Bonchev–Trinajstić information content (AvgIpc) is 2.27. The van der Waals surface area contributed by atoms with Crippen LogP contribution in [0.2, 0.25) is 0 Å². The van der Waals surface area contributed by atoms with Gasteiger partial charge in [0.15, 0.2) is 0 Å². The number of rotatable bonds is 3. The van der Waals surface area contributed by atoms with Crippen molar-refractivity contribution in [3.8, 4) is 0 Å². The summed E-state index contributed by atoms with van der Waals surface area (Å²) in [4.78, 5) is 0. The summed E-state index contributed by atoms with van der Waals surface area (Å²) in [5.74, 6) is 0. The molecule has 2 rings (SSSR count). The second-order valence-electron chi connectivity index (χ2n) is 3.08. The minimum absolute atomic E-state index is 0.0138. The molecule has 0 spiro atoms. The molecule has 0 saturated heterocycles. The number of hydrogen-bond acceptors (Lipinski definition) is 0. The Hall–Kier alpha value is 0.979. The number of benzene rings is 2.